The number of rotatable bonds is 2. The van der Waals surface area contributed by atoms with E-state index in [1.807, 2.05) is 0 Å². The van der Waals surface area contributed by atoms with Crippen LogP contribution in [0.5, 0.6) is 11.5 Å². The van der Waals surface area contributed by atoms with E-state index in [9.17, 15) is 9.59 Å². The maximum Gasteiger partial charge on any atom is 0.177 e. The van der Waals surface area contributed by atoms with Crippen molar-refractivity contribution in [3.8, 4) is 11.5 Å². The second-order valence-corrected chi connectivity index (χ2v) is 2.67. The Morgan fingerprint density at radius 1 is 1.23 bits per heavy atom. The molecule has 0 fully saturated rings. The first-order valence-corrected chi connectivity index (χ1v) is 3.64. The van der Waals surface area contributed by atoms with Gasteiger partial charge in [0.1, 0.15) is 0 Å². The van der Waals surface area contributed by atoms with Crippen LogP contribution in [0.3, 0.4) is 0 Å². The molecule has 0 atom stereocenters. The van der Waals surface area contributed by atoms with E-state index in [0.29, 0.717) is 12.6 Å². The Balaban J connectivity index is 3.56. The lowest BCUT2D eigenvalue weighted by molar-refractivity contribution is 0.109. The van der Waals surface area contributed by atoms with Gasteiger partial charge in [-0.1, -0.05) is 11.6 Å². The lowest BCUT2D eigenvalue weighted by atomic mass is 10.1. The summed E-state index contributed by atoms with van der Waals surface area (Å²) in [4.78, 5) is 20.8. The maximum absolute atomic E-state index is 10.4. The van der Waals surface area contributed by atoms with Crippen molar-refractivity contribution < 1.29 is 19.8 Å². The topological polar surface area (TPSA) is 74.6 Å². The molecule has 4 nitrogen and oxygen atoms in total. The van der Waals surface area contributed by atoms with Crippen LogP contribution in [-0.2, 0) is 0 Å². The van der Waals surface area contributed by atoms with E-state index in [1.165, 1.54) is 0 Å². The van der Waals surface area contributed by atoms with Crippen molar-refractivity contribution in [3.63, 3.8) is 0 Å². The number of phenols is 2. The average Bonchev–Trinajstić information content (AvgIpc) is 2.13. The first-order valence-electron chi connectivity index (χ1n) is 3.26. The number of carbonyl (C=O) groups excluding carboxylic acids is 2. The SMILES string of the molecule is O=Cc1cc(O)c(O)c(Cl)c1C=O. The Hall–Kier alpha value is -1.55. The third kappa shape index (κ3) is 1.48. The predicted molar refractivity (Wildman–Crippen MR) is 45.6 cm³/mol. The van der Waals surface area contributed by atoms with Crippen molar-refractivity contribution in [2.75, 3.05) is 0 Å². The van der Waals surface area contributed by atoms with Gasteiger partial charge in [0.05, 0.1) is 5.02 Å². The molecule has 0 aliphatic carbocycles. The van der Waals surface area contributed by atoms with E-state index in [0.717, 1.165) is 6.07 Å². The minimum atomic E-state index is -0.602. The molecule has 0 spiro atoms. The van der Waals surface area contributed by atoms with Crippen molar-refractivity contribution in [1.82, 2.24) is 0 Å². The van der Waals surface area contributed by atoms with Gasteiger partial charge in [0, 0.05) is 11.1 Å². The third-order valence-corrected chi connectivity index (χ3v) is 1.92. The molecule has 0 heterocycles. The molecule has 68 valence electrons. The molecule has 2 N–H and O–H groups in total. The van der Waals surface area contributed by atoms with Crippen molar-refractivity contribution >= 4 is 24.2 Å². The van der Waals surface area contributed by atoms with E-state index in [2.05, 4.69) is 0 Å². The van der Waals surface area contributed by atoms with Crippen LogP contribution in [0.1, 0.15) is 20.7 Å². The second kappa shape index (κ2) is 3.45. The van der Waals surface area contributed by atoms with Gasteiger partial charge in [-0.2, -0.15) is 0 Å². The molecule has 0 bridgehead atoms. The monoisotopic (exact) mass is 200 g/mol. The Morgan fingerprint density at radius 2 is 1.85 bits per heavy atom. The smallest absolute Gasteiger partial charge is 0.177 e. The number of aromatic hydroxyl groups is 2. The molecular formula is C8H5ClO4. The fourth-order valence-corrected chi connectivity index (χ4v) is 1.13. The van der Waals surface area contributed by atoms with E-state index in [4.69, 9.17) is 21.8 Å². The largest absolute Gasteiger partial charge is 0.504 e. The summed E-state index contributed by atoms with van der Waals surface area (Å²) < 4.78 is 0. The van der Waals surface area contributed by atoms with Gasteiger partial charge in [-0.15, -0.1) is 0 Å². The van der Waals surface area contributed by atoms with Crippen LogP contribution >= 0.6 is 11.6 Å². The lowest BCUT2D eigenvalue weighted by Gasteiger charge is -2.04. The van der Waals surface area contributed by atoms with Gasteiger partial charge >= 0.3 is 0 Å². The molecule has 0 unspecified atom stereocenters. The number of halogens is 1. The number of hydrogen-bond acceptors (Lipinski definition) is 4. The molecule has 0 saturated heterocycles. The number of benzene rings is 1. The fourth-order valence-electron chi connectivity index (χ4n) is 0.877. The predicted octanol–water partition coefficient (Wildman–Crippen LogP) is 1.38. The zero-order valence-corrected chi connectivity index (χ0v) is 7.08. The van der Waals surface area contributed by atoms with Gasteiger partial charge in [-0.3, -0.25) is 9.59 Å². The van der Waals surface area contributed by atoms with Crippen LogP contribution in [0, 0.1) is 0 Å². The number of aldehydes is 2. The summed E-state index contributed by atoms with van der Waals surface area (Å²) >= 11 is 5.48. The highest BCUT2D eigenvalue weighted by Crippen LogP contribution is 2.36. The zero-order valence-electron chi connectivity index (χ0n) is 6.32. The zero-order chi connectivity index (χ0) is 10.0. The molecule has 0 aliphatic rings. The molecule has 13 heavy (non-hydrogen) atoms. The Labute approximate surface area is 78.4 Å². The van der Waals surface area contributed by atoms with E-state index < -0.39 is 11.5 Å². The van der Waals surface area contributed by atoms with E-state index in [-0.39, 0.29) is 16.1 Å². The van der Waals surface area contributed by atoms with Crippen molar-refractivity contribution in [2.45, 2.75) is 0 Å². The summed E-state index contributed by atoms with van der Waals surface area (Å²) in [6, 6.07) is 0.970. The molecule has 0 amide bonds. The number of phenolic OH excluding ortho intramolecular Hbond substituents is 2. The summed E-state index contributed by atoms with van der Waals surface area (Å²) in [6.45, 7) is 0. The Bertz CT molecular complexity index is 373. The van der Waals surface area contributed by atoms with Crippen molar-refractivity contribution in [2.24, 2.45) is 0 Å². The molecule has 0 aliphatic heterocycles. The van der Waals surface area contributed by atoms with Crippen molar-refractivity contribution in [1.29, 1.82) is 0 Å². The first-order chi connectivity index (χ1) is 6.11. The quantitative estimate of drug-likeness (QED) is 0.559. The highest BCUT2D eigenvalue weighted by molar-refractivity contribution is 6.35. The molecule has 0 aromatic heterocycles. The molecule has 1 aromatic rings. The highest BCUT2D eigenvalue weighted by Gasteiger charge is 2.14. The molecule has 1 rings (SSSR count). The second-order valence-electron chi connectivity index (χ2n) is 2.30. The highest BCUT2D eigenvalue weighted by atomic mass is 35.5. The minimum absolute atomic E-state index is 0.0599. The van der Waals surface area contributed by atoms with Crippen LogP contribution in [0.4, 0.5) is 0 Å². The summed E-state index contributed by atoms with van der Waals surface area (Å²) in [6.07, 6.45) is 0.708. The van der Waals surface area contributed by atoms with Crippen LogP contribution < -0.4 is 0 Å². The minimum Gasteiger partial charge on any atom is -0.504 e. The van der Waals surface area contributed by atoms with E-state index >= 15 is 0 Å². The van der Waals surface area contributed by atoms with Crippen LogP contribution in [-0.4, -0.2) is 22.8 Å². The van der Waals surface area contributed by atoms with Gasteiger partial charge in [0.15, 0.2) is 24.1 Å². The molecule has 1 aromatic carbocycles. The van der Waals surface area contributed by atoms with Crippen LogP contribution in [0.15, 0.2) is 6.07 Å². The van der Waals surface area contributed by atoms with Gasteiger partial charge in [-0.25, -0.2) is 0 Å². The van der Waals surface area contributed by atoms with Crippen LogP contribution in [0.2, 0.25) is 5.02 Å². The summed E-state index contributed by atoms with van der Waals surface area (Å²) in [5.41, 5.74) is -0.192. The van der Waals surface area contributed by atoms with Gasteiger partial charge in [-0.05, 0) is 6.07 Å². The summed E-state index contributed by atoms with van der Waals surface area (Å²) in [5.74, 6) is -1.13. The first kappa shape index (κ1) is 9.54. The standard InChI is InChI=1S/C8H5ClO4/c9-7-5(3-11)4(2-10)1-6(12)8(7)13/h1-3,12-13H. The van der Waals surface area contributed by atoms with Gasteiger partial charge in [0.25, 0.3) is 0 Å². The Morgan fingerprint density at radius 3 is 2.31 bits per heavy atom. The van der Waals surface area contributed by atoms with E-state index in [1.54, 1.807) is 0 Å². The van der Waals surface area contributed by atoms with Crippen LogP contribution in [0.25, 0.3) is 0 Å². The molecule has 0 radical (unpaired) electrons. The van der Waals surface area contributed by atoms with Gasteiger partial charge in [0.2, 0.25) is 0 Å². The summed E-state index contributed by atoms with van der Waals surface area (Å²) in [7, 11) is 0. The summed E-state index contributed by atoms with van der Waals surface area (Å²) in [5, 5.41) is 17.8. The maximum atomic E-state index is 10.4. The van der Waals surface area contributed by atoms with Gasteiger partial charge < -0.3 is 10.2 Å². The Kier molecular flexibility index (Phi) is 2.53. The molecule has 0 saturated carbocycles. The van der Waals surface area contributed by atoms with Crippen molar-refractivity contribution in [3.05, 3.63) is 22.2 Å². The normalized spacial score (nSPS) is 9.62. The average molecular weight is 201 g/mol. The number of carbonyl (C=O) groups is 2. The third-order valence-electron chi connectivity index (χ3n) is 1.54. The number of hydrogen-bond donors (Lipinski definition) is 2. The molecular weight excluding hydrogens is 196 g/mol. The fraction of sp³-hybridized carbons (Fsp3) is 0. The molecule has 5 heteroatoms. The lowest BCUT2D eigenvalue weighted by Crippen LogP contribution is -1.92.